The van der Waals surface area contributed by atoms with E-state index in [0.717, 1.165) is 22.5 Å². The number of pyridine rings is 1. The molecular weight excluding hydrogens is 488 g/mol. The Labute approximate surface area is 222 Å². The number of likely N-dealkylation sites (tertiary alicyclic amines) is 2. The van der Waals surface area contributed by atoms with E-state index in [4.69, 9.17) is 9.47 Å². The molecule has 2 unspecified atom stereocenters. The number of nitrogens with one attached hydrogen (secondary N) is 1. The van der Waals surface area contributed by atoms with Crippen LogP contribution < -0.4 is 10.2 Å². The molecular formula is C28H36N4O6. The van der Waals surface area contributed by atoms with Gasteiger partial charge in [0.1, 0.15) is 18.4 Å². The van der Waals surface area contributed by atoms with Crippen LogP contribution in [0.1, 0.15) is 48.7 Å². The number of aromatic nitrogens is 1. The minimum absolute atomic E-state index is 0.155. The predicted molar refractivity (Wildman–Crippen MR) is 139 cm³/mol. The van der Waals surface area contributed by atoms with E-state index in [9.17, 15) is 19.6 Å². The fourth-order valence-corrected chi connectivity index (χ4v) is 5.70. The van der Waals surface area contributed by atoms with Gasteiger partial charge in [-0.25, -0.2) is 10.3 Å². The van der Waals surface area contributed by atoms with Crippen LogP contribution in [0.4, 0.5) is 4.79 Å². The number of nitrogens with zero attached hydrogens (tertiary/aromatic N) is 3. The number of methoxy groups -OCH3 is 1. The molecule has 0 radical (unpaired) electrons. The van der Waals surface area contributed by atoms with Crippen molar-refractivity contribution in [2.75, 3.05) is 26.7 Å². The first kappa shape index (κ1) is 27.4. The van der Waals surface area contributed by atoms with E-state index < -0.39 is 23.5 Å². The van der Waals surface area contributed by atoms with Gasteiger partial charge in [0, 0.05) is 31.0 Å². The number of benzene rings is 1. The van der Waals surface area contributed by atoms with E-state index in [-0.39, 0.29) is 11.8 Å². The summed E-state index contributed by atoms with van der Waals surface area (Å²) in [5, 5.41) is 9.46. The number of hydrogen-bond acceptors (Lipinski definition) is 7. The van der Waals surface area contributed by atoms with Crippen LogP contribution in [0, 0.1) is 19.8 Å². The molecule has 0 spiro atoms. The molecule has 2 aromatic rings. The van der Waals surface area contributed by atoms with Gasteiger partial charge in [0.25, 0.3) is 5.91 Å². The Bertz CT molecular complexity index is 1160. The Morgan fingerprint density at radius 3 is 2.34 bits per heavy atom. The summed E-state index contributed by atoms with van der Waals surface area (Å²) in [6.45, 7) is 7.45. The highest BCUT2D eigenvalue weighted by molar-refractivity contribution is 5.94. The molecule has 0 aliphatic carbocycles. The lowest BCUT2D eigenvalue weighted by Crippen LogP contribution is -2.55. The Morgan fingerprint density at radius 1 is 1.13 bits per heavy atom. The number of piperidine rings is 1. The molecule has 204 valence electrons. The van der Waals surface area contributed by atoms with Crippen molar-refractivity contribution in [1.29, 1.82) is 0 Å². The van der Waals surface area contributed by atoms with Gasteiger partial charge in [-0.1, -0.05) is 12.1 Å². The van der Waals surface area contributed by atoms with Gasteiger partial charge < -0.3 is 19.3 Å². The van der Waals surface area contributed by atoms with E-state index >= 15 is 0 Å². The van der Waals surface area contributed by atoms with Gasteiger partial charge in [-0.3, -0.25) is 19.8 Å². The third kappa shape index (κ3) is 5.60. The topological polar surface area (TPSA) is 121 Å². The zero-order chi connectivity index (χ0) is 27.4. The summed E-state index contributed by atoms with van der Waals surface area (Å²) in [6.07, 6.45) is 1.18. The summed E-state index contributed by atoms with van der Waals surface area (Å²) in [7, 11) is 1.33. The normalized spacial score (nSPS) is 20.8. The zero-order valence-electron chi connectivity index (χ0n) is 22.4. The average molecular weight is 525 g/mol. The Kier molecular flexibility index (Phi) is 8.20. The summed E-state index contributed by atoms with van der Waals surface area (Å²) < 4.78 is 10.8. The summed E-state index contributed by atoms with van der Waals surface area (Å²) >= 11 is 0. The molecule has 2 N–H and O–H groups in total. The lowest BCUT2D eigenvalue weighted by atomic mass is 9.80. The second-order valence-electron chi connectivity index (χ2n) is 10.4. The van der Waals surface area contributed by atoms with Crippen LogP contribution in [0.5, 0.6) is 5.75 Å². The largest absolute Gasteiger partial charge is 0.489 e. The fourth-order valence-electron chi connectivity index (χ4n) is 5.70. The molecule has 2 saturated heterocycles. The molecule has 2 aliphatic heterocycles. The zero-order valence-corrected chi connectivity index (χ0v) is 22.4. The van der Waals surface area contributed by atoms with Gasteiger partial charge in [0.15, 0.2) is 0 Å². The van der Waals surface area contributed by atoms with E-state index in [1.54, 1.807) is 15.3 Å². The van der Waals surface area contributed by atoms with Crippen LogP contribution in [-0.2, 0) is 26.3 Å². The highest BCUT2D eigenvalue weighted by atomic mass is 16.5. The average Bonchev–Trinajstić information content (AvgIpc) is 3.22. The third-order valence-corrected chi connectivity index (χ3v) is 7.76. The molecule has 4 rings (SSSR count). The number of rotatable bonds is 7. The second-order valence-corrected chi connectivity index (χ2v) is 10.4. The standard InChI is InChI=1S/C28H36N4O6/c1-18-15-20(16-19(2)29-18)17-38-23-7-5-22(6-8-23)28(3)11-14-32(26(28)34)24(25(33)30-36)21-9-12-31(13-10-21)27(35)37-4/h5-8,15-16,21,24,36H,9-14,17H2,1-4H3,(H,30,33). The second kappa shape index (κ2) is 11.4. The molecule has 2 aliphatic rings. The minimum Gasteiger partial charge on any atom is -0.489 e. The van der Waals surface area contributed by atoms with Crippen LogP contribution in [0.25, 0.3) is 0 Å². The van der Waals surface area contributed by atoms with Crippen molar-refractivity contribution >= 4 is 17.9 Å². The fraction of sp³-hybridized carbons (Fsp3) is 0.500. The molecule has 10 nitrogen and oxygen atoms in total. The van der Waals surface area contributed by atoms with Crippen molar-refractivity contribution in [1.82, 2.24) is 20.3 Å². The molecule has 10 heteroatoms. The Morgan fingerprint density at radius 2 is 1.76 bits per heavy atom. The lowest BCUT2D eigenvalue weighted by molar-refractivity contribution is -0.146. The van der Waals surface area contributed by atoms with Crippen LogP contribution >= 0.6 is 0 Å². The number of hydroxylamine groups is 1. The van der Waals surface area contributed by atoms with E-state index in [0.29, 0.717) is 51.3 Å². The number of aryl methyl sites for hydroxylation is 2. The van der Waals surface area contributed by atoms with Crippen molar-refractivity contribution in [3.63, 3.8) is 0 Å². The first-order chi connectivity index (χ1) is 18.2. The molecule has 38 heavy (non-hydrogen) atoms. The van der Waals surface area contributed by atoms with Crippen LogP contribution in [0.3, 0.4) is 0 Å². The third-order valence-electron chi connectivity index (χ3n) is 7.76. The van der Waals surface area contributed by atoms with Gasteiger partial charge in [0.2, 0.25) is 5.91 Å². The first-order valence-corrected chi connectivity index (χ1v) is 12.9. The van der Waals surface area contributed by atoms with Gasteiger partial charge in [-0.2, -0.15) is 0 Å². The van der Waals surface area contributed by atoms with Crippen molar-refractivity contribution in [2.24, 2.45) is 5.92 Å². The summed E-state index contributed by atoms with van der Waals surface area (Å²) in [5.74, 6) is -0.255. The molecule has 0 saturated carbocycles. The molecule has 2 fully saturated rings. The maximum atomic E-state index is 13.8. The molecule has 1 aromatic carbocycles. The summed E-state index contributed by atoms with van der Waals surface area (Å²) in [4.78, 5) is 45.9. The molecule has 1 aromatic heterocycles. The van der Waals surface area contributed by atoms with Gasteiger partial charge >= 0.3 is 6.09 Å². The molecule has 3 heterocycles. The number of carbonyl (C=O) groups excluding carboxylic acids is 3. The van der Waals surface area contributed by atoms with Crippen molar-refractivity contribution < 1.29 is 29.1 Å². The summed E-state index contributed by atoms with van der Waals surface area (Å²) in [6, 6.07) is 10.7. The van der Waals surface area contributed by atoms with Crippen molar-refractivity contribution in [3.05, 3.63) is 58.9 Å². The minimum atomic E-state index is -0.816. The SMILES string of the molecule is COC(=O)N1CCC(C(C(=O)NO)N2CCC(C)(c3ccc(OCc4cc(C)nc(C)c4)cc3)C2=O)CC1. The molecule has 3 amide bonds. The van der Waals surface area contributed by atoms with Crippen LogP contribution in [0.15, 0.2) is 36.4 Å². The van der Waals surface area contributed by atoms with E-state index in [1.807, 2.05) is 57.2 Å². The van der Waals surface area contributed by atoms with E-state index in [2.05, 4.69) is 4.98 Å². The molecule has 2 atom stereocenters. The highest BCUT2D eigenvalue weighted by Gasteiger charge is 2.50. The summed E-state index contributed by atoms with van der Waals surface area (Å²) in [5.41, 5.74) is 4.72. The maximum absolute atomic E-state index is 13.8. The Balaban J connectivity index is 1.45. The van der Waals surface area contributed by atoms with Crippen molar-refractivity contribution in [2.45, 2.75) is 58.1 Å². The van der Waals surface area contributed by atoms with Gasteiger partial charge in [0.05, 0.1) is 12.5 Å². The van der Waals surface area contributed by atoms with Gasteiger partial charge in [-0.05, 0) is 81.3 Å². The number of ether oxygens (including phenoxy) is 2. The number of hydrogen-bond donors (Lipinski definition) is 2. The maximum Gasteiger partial charge on any atom is 0.409 e. The van der Waals surface area contributed by atoms with Crippen molar-refractivity contribution in [3.8, 4) is 5.75 Å². The number of carbonyl (C=O) groups is 3. The number of amides is 3. The monoisotopic (exact) mass is 524 g/mol. The smallest absolute Gasteiger partial charge is 0.409 e. The first-order valence-electron chi connectivity index (χ1n) is 12.9. The van der Waals surface area contributed by atoms with E-state index in [1.165, 1.54) is 7.11 Å². The Hall–Kier alpha value is -3.66. The predicted octanol–water partition coefficient (Wildman–Crippen LogP) is 3.12. The highest BCUT2D eigenvalue weighted by Crippen LogP contribution is 2.39. The van der Waals surface area contributed by atoms with Crippen LogP contribution in [0.2, 0.25) is 0 Å². The lowest BCUT2D eigenvalue weighted by Gasteiger charge is -2.38. The molecule has 0 bridgehead atoms. The van der Waals surface area contributed by atoms with Gasteiger partial charge in [-0.15, -0.1) is 0 Å². The van der Waals surface area contributed by atoms with Crippen LogP contribution in [-0.4, -0.2) is 70.7 Å². The quantitative estimate of drug-likeness (QED) is 0.422.